The van der Waals surface area contributed by atoms with Gasteiger partial charge in [0.05, 0.1) is 28.8 Å². The summed E-state index contributed by atoms with van der Waals surface area (Å²) in [5, 5.41) is 1.42. The van der Waals surface area contributed by atoms with Gasteiger partial charge in [-0.3, -0.25) is 24.8 Å². The number of aryl methyl sites for hydroxylation is 1. The monoisotopic (exact) mass is 359 g/mol. The molecule has 6 heteroatoms. The van der Waals surface area contributed by atoms with Gasteiger partial charge in [-0.05, 0) is 18.1 Å². The van der Waals surface area contributed by atoms with Crippen molar-refractivity contribution in [3.8, 4) is 0 Å². The highest BCUT2D eigenvalue weighted by atomic mass is 16.2. The number of carbonyl (C=O) groups is 3. The second kappa shape index (κ2) is 6.64. The van der Waals surface area contributed by atoms with Crippen molar-refractivity contribution in [2.45, 2.75) is 19.8 Å². The molecule has 1 aliphatic rings. The first kappa shape index (κ1) is 16.9. The molecule has 1 aromatic heterocycles. The number of benzene rings is 2. The molecule has 4 rings (SSSR count). The van der Waals surface area contributed by atoms with E-state index in [0.29, 0.717) is 28.6 Å². The van der Waals surface area contributed by atoms with Crippen LogP contribution in [-0.2, 0) is 17.6 Å². The lowest BCUT2D eigenvalue weighted by atomic mass is 10.0. The molecule has 1 N–H and O–H groups in total. The number of pyridine rings is 1. The van der Waals surface area contributed by atoms with Gasteiger partial charge in [0.25, 0.3) is 11.8 Å². The Balaban J connectivity index is 1.69. The third kappa shape index (κ3) is 2.85. The average Bonchev–Trinajstić information content (AvgIpc) is 2.93. The number of para-hydroxylation sites is 1. The number of nitrogens with one attached hydrogen (secondary N) is 1. The van der Waals surface area contributed by atoms with Gasteiger partial charge in [0.2, 0.25) is 5.91 Å². The molecule has 0 radical (unpaired) electrons. The van der Waals surface area contributed by atoms with Crippen LogP contribution in [0.3, 0.4) is 0 Å². The molecule has 0 saturated carbocycles. The molecule has 2 heterocycles. The maximum absolute atomic E-state index is 12.9. The quantitative estimate of drug-likeness (QED) is 0.727. The highest BCUT2D eigenvalue weighted by Gasteiger charge is 2.40. The van der Waals surface area contributed by atoms with Gasteiger partial charge in [-0.1, -0.05) is 55.5 Å². The van der Waals surface area contributed by atoms with E-state index in [-0.39, 0.29) is 12.0 Å². The van der Waals surface area contributed by atoms with Crippen LogP contribution in [0, 0.1) is 0 Å². The van der Waals surface area contributed by atoms with Gasteiger partial charge >= 0.3 is 0 Å². The van der Waals surface area contributed by atoms with Gasteiger partial charge in [0, 0.05) is 5.39 Å². The van der Waals surface area contributed by atoms with E-state index < -0.39 is 17.7 Å². The Hall–Kier alpha value is -3.54. The van der Waals surface area contributed by atoms with Crippen LogP contribution in [0.15, 0.2) is 54.6 Å². The van der Waals surface area contributed by atoms with Crippen molar-refractivity contribution in [1.29, 1.82) is 0 Å². The van der Waals surface area contributed by atoms with Gasteiger partial charge in [0.1, 0.15) is 0 Å². The van der Waals surface area contributed by atoms with Gasteiger partial charge in [-0.15, -0.1) is 0 Å². The van der Waals surface area contributed by atoms with Crippen LogP contribution >= 0.6 is 0 Å². The summed E-state index contributed by atoms with van der Waals surface area (Å²) in [5.74, 6) is -1.48. The van der Waals surface area contributed by atoms with E-state index in [9.17, 15) is 14.4 Å². The second-order valence-corrected chi connectivity index (χ2v) is 6.32. The molecule has 0 fully saturated rings. The predicted octanol–water partition coefficient (Wildman–Crippen LogP) is 2.67. The molecule has 3 aromatic rings. The van der Waals surface area contributed by atoms with Crippen LogP contribution in [-0.4, -0.2) is 27.7 Å². The van der Waals surface area contributed by atoms with Crippen LogP contribution < -0.4 is 5.43 Å². The summed E-state index contributed by atoms with van der Waals surface area (Å²) in [4.78, 5) is 42.7. The van der Waals surface area contributed by atoms with Crippen molar-refractivity contribution in [3.05, 3.63) is 77.0 Å². The minimum Gasteiger partial charge on any atom is -0.273 e. The summed E-state index contributed by atoms with van der Waals surface area (Å²) < 4.78 is 0. The fourth-order valence-electron chi connectivity index (χ4n) is 3.33. The van der Waals surface area contributed by atoms with E-state index in [1.165, 1.54) is 0 Å². The number of nitrogens with zero attached hydrogens (tertiary/aromatic N) is 2. The van der Waals surface area contributed by atoms with Crippen molar-refractivity contribution in [1.82, 2.24) is 15.4 Å². The molecule has 1 aliphatic heterocycles. The molecule has 0 aliphatic carbocycles. The largest absolute Gasteiger partial charge is 0.282 e. The van der Waals surface area contributed by atoms with E-state index in [0.717, 1.165) is 10.6 Å². The Morgan fingerprint density at radius 2 is 1.63 bits per heavy atom. The number of hydrogen-bond donors (Lipinski definition) is 1. The molecule has 27 heavy (non-hydrogen) atoms. The molecule has 2 aromatic carbocycles. The van der Waals surface area contributed by atoms with Gasteiger partial charge in [-0.25, -0.2) is 0 Å². The number of fused-ring (bicyclic) bond motifs is 3. The SMILES string of the molecule is CCc1nc2ccccc2c2c1C(=O)N(NC(=O)Cc1ccccc1)C2=O. The maximum atomic E-state index is 12.9. The molecule has 0 atom stereocenters. The number of amides is 3. The van der Waals surface area contributed by atoms with Crippen LogP contribution in [0.2, 0.25) is 0 Å². The van der Waals surface area contributed by atoms with Crippen LogP contribution in [0.25, 0.3) is 10.9 Å². The molecule has 0 unspecified atom stereocenters. The average molecular weight is 359 g/mol. The molecule has 6 nitrogen and oxygen atoms in total. The highest BCUT2D eigenvalue weighted by Crippen LogP contribution is 2.31. The molecule has 134 valence electrons. The van der Waals surface area contributed by atoms with Crippen LogP contribution in [0.4, 0.5) is 0 Å². The molecular weight excluding hydrogens is 342 g/mol. The molecule has 3 amide bonds. The molecular formula is C21H17N3O3. The van der Waals surface area contributed by atoms with Crippen molar-refractivity contribution in [2.75, 3.05) is 0 Å². The Morgan fingerprint density at radius 3 is 2.37 bits per heavy atom. The number of rotatable bonds is 4. The van der Waals surface area contributed by atoms with Crippen molar-refractivity contribution < 1.29 is 14.4 Å². The highest BCUT2D eigenvalue weighted by molar-refractivity contribution is 6.26. The van der Waals surface area contributed by atoms with Gasteiger partial charge in [0.15, 0.2) is 0 Å². The Kier molecular flexibility index (Phi) is 4.16. The lowest BCUT2D eigenvalue weighted by molar-refractivity contribution is -0.123. The number of carbonyl (C=O) groups excluding carboxylic acids is 3. The molecule has 0 saturated heterocycles. The number of hydrogen-bond acceptors (Lipinski definition) is 4. The smallest absolute Gasteiger partial charge is 0.273 e. The van der Waals surface area contributed by atoms with Crippen molar-refractivity contribution in [2.24, 2.45) is 0 Å². The summed E-state index contributed by atoms with van der Waals surface area (Å²) in [6.07, 6.45) is 0.589. The first-order chi connectivity index (χ1) is 13.1. The van der Waals surface area contributed by atoms with E-state index >= 15 is 0 Å². The topological polar surface area (TPSA) is 79.4 Å². The summed E-state index contributed by atoms with van der Waals surface area (Å²) in [6.45, 7) is 1.88. The van der Waals surface area contributed by atoms with Crippen molar-refractivity contribution in [3.63, 3.8) is 0 Å². The maximum Gasteiger partial charge on any atom is 0.282 e. The predicted molar refractivity (Wildman–Crippen MR) is 99.9 cm³/mol. The Morgan fingerprint density at radius 1 is 0.963 bits per heavy atom. The van der Waals surface area contributed by atoms with E-state index in [1.807, 2.05) is 49.4 Å². The fourth-order valence-corrected chi connectivity index (χ4v) is 3.33. The van der Waals surface area contributed by atoms with Crippen LogP contribution in [0.5, 0.6) is 0 Å². The van der Waals surface area contributed by atoms with E-state index in [4.69, 9.17) is 0 Å². The minimum atomic E-state index is -0.536. The Bertz CT molecular complexity index is 1080. The first-order valence-electron chi connectivity index (χ1n) is 8.74. The summed E-state index contributed by atoms with van der Waals surface area (Å²) in [5.41, 5.74) is 5.06. The second-order valence-electron chi connectivity index (χ2n) is 6.32. The molecule has 0 spiro atoms. The van der Waals surface area contributed by atoms with Gasteiger partial charge in [-0.2, -0.15) is 5.01 Å². The summed E-state index contributed by atoms with van der Waals surface area (Å²) in [6, 6.07) is 16.3. The standard InChI is InChI=1S/C21H17N3O3/c1-2-15-19-18(14-10-6-7-11-16(14)22-15)20(26)24(21(19)27)23-17(25)12-13-8-4-3-5-9-13/h3-11H,2,12H2,1H3,(H,23,25). The Labute approximate surface area is 155 Å². The number of imide groups is 1. The normalized spacial score (nSPS) is 13.1. The molecule has 0 bridgehead atoms. The lowest BCUT2D eigenvalue weighted by Gasteiger charge is -2.15. The third-order valence-electron chi connectivity index (χ3n) is 4.58. The summed E-state index contributed by atoms with van der Waals surface area (Å²) >= 11 is 0. The minimum absolute atomic E-state index is 0.0773. The first-order valence-corrected chi connectivity index (χ1v) is 8.74. The third-order valence-corrected chi connectivity index (χ3v) is 4.58. The van der Waals surface area contributed by atoms with Crippen molar-refractivity contribution >= 4 is 28.6 Å². The number of aromatic nitrogens is 1. The fraction of sp³-hybridized carbons (Fsp3) is 0.143. The van der Waals surface area contributed by atoms with Gasteiger partial charge < -0.3 is 0 Å². The zero-order valence-corrected chi connectivity index (χ0v) is 14.7. The number of hydrazine groups is 1. The van der Waals surface area contributed by atoms with Crippen LogP contribution in [0.1, 0.15) is 38.9 Å². The van der Waals surface area contributed by atoms with E-state index in [2.05, 4.69) is 10.4 Å². The lowest BCUT2D eigenvalue weighted by Crippen LogP contribution is -2.46. The zero-order valence-electron chi connectivity index (χ0n) is 14.7. The zero-order chi connectivity index (χ0) is 19.0. The summed E-state index contributed by atoms with van der Waals surface area (Å²) in [7, 11) is 0. The van der Waals surface area contributed by atoms with E-state index in [1.54, 1.807) is 12.1 Å².